The highest BCUT2D eigenvalue weighted by Gasteiger charge is 2.31. The van der Waals surface area contributed by atoms with E-state index in [-0.39, 0.29) is 17.8 Å². The summed E-state index contributed by atoms with van der Waals surface area (Å²) in [4.78, 5) is 18.2. The van der Waals surface area contributed by atoms with Crippen molar-refractivity contribution in [2.24, 2.45) is 0 Å². The first-order valence-corrected chi connectivity index (χ1v) is 8.20. The summed E-state index contributed by atoms with van der Waals surface area (Å²) in [5.41, 5.74) is 2.04. The zero-order valence-corrected chi connectivity index (χ0v) is 13.6. The topological polar surface area (TPSA) is 67.1 Å². The molecule has 1 N–H and O–H groups in total. The van der Waals surface area contributed by atoms with Gasteiger partial charge >= 0.3 is 5.97 Å². The van der Waals surface area contributed by atoms with Crippen LogP contribution in [0.5, 0.6) is 0 Å². The third-order valence-corrected chi connectivity index (χ3v) is 4.63. The van der Waals surface area contributed by atoms with Crippen molar-refractivity contribution in [3.8, 4) is 0 Å². The maximum absolute atomic E-state index is 11.4. The van der Waals surface area contributed by atoms with Gasteiger partial charge in [-0.15, -0.1) is 0 Å². The monoisotopic (exact) mass is 317 g/mol. The third-order valence-electron chi connectivity index (χ3n) is 4.63. The number of carboxylic acids is 1. The average Bonchev–Trinajstić information content (AvgIpc) is 3.03. The Bertz CT molecular complexity index is 697. The Morgan fingerprint density at radius 2 is 2.26 bits per heavy atom. The fourth-order valence-electron chi connectivity index (χ4n) is 3.54. The summed E-state index contributed by atoms with van der Waals surface area (Å²) < 4.78 is 7.50. The second kappa shape index (κ2) is 6.68. The van der Waals surface area contributed by atoms with E-state index in [1.165, 1.54) is 0 Å². The molecule has 3 heterocycles. The lowest BCUT2D eigenvalue weighted by Gasteiger charge is -2.39. The zero-order chi connectivity index (χ0) is 16.4. The molecule has 1 fully saturated rings. The molecule has 0 amide bonds. The predicted octanol–water partition coefficient (Wildman–Crippen LogP) is 2.59. The highest BCUT2D eigenvalue weighted by Crippen LogP contribution is 2.34. The highest BCUT2D eigenvalue weighted by atomic mass is 16.5. The van der Waals surface area contributed by atoms with Crippen LogP contribution in [0.1, 0.15) is 48.8 Å². The van der Waals surface area contributed by atoms with Gasteiger partial charge in [0.1, 0.15) is 11.3 Å². The van der Waals surface area contributed by atoms with E-state index in [9.17, 15) is 9.90 Å². The molecule has 0 aromatic carbocycles. The number of fused-ring (bicyclic) bond motifs is 1. The molecule has 0 spiro atoms. The van der Waals surface area contributed by atoms with Crippen LogP contribution < -0.4 is 0 Å². The quantitative estimate of drug-likeness (QED) is 0.918. The fraction of sp³-hybridized carbons (Fsp3) is 0.529. The van der Waals surface area contributed by atoms with Gasteiger partial charge in [0.2, 0.25) is 0 Å². The lowest BCUT2D eigenvalue weighted by Crippen LogP contribution is -2.39. The molecule has 3 rings (SSSR count). The van der Waals surface area contributed by atoms with E-state index in [4.69, 9.17) is 4.74 Å². The van der Waals surface area contributed by atoms with Gasteiger partial charge in [0.25, 0.3) is 0 Å². The minimum atomic E-state index is -0.942. The highest BCUT2D eigenvalue weighted by molar-refractivity contribution is 5.86. The maximum atomic E-state index is 11.4. The number of ether oxygens (including phenoxy) is 1. The van der Waals surface area contributed by atoms with Gasteiger partial charge in [-0.1, -0.05) is 13.0 Å². The summed E-state index contributed by atoms with van der Waals surface area (Å²) in [5, 5.41) is 9.33. The van der Waals surface area contributed by atoms with Crippen molar-refractivity contribution in [2.45, 2.75) is 38.8 Å². The van der Waals surface area contributed by atoms with E-state index in [0.29, 0.717) is 0 Å². The average molecular weight is 317 g/mol. The molecule has 0 bridgehead atoms. The number of imidazole rings is 1. The largest absolute Gasteiger partial charge is 0.477 e. The van der Waals surface area contributed by atoms with E-state index < -0.39 is 5.97 Å². The second-order valence-corrected chi connectivity index (χ2v) is 5.85. The van der Waals surface area contributed by atoms with Crippen LogP contribution in [0.4, 0.5) is 0 Å². The molecule has 0 saturated carbocycles. The van der Waals surface area contributed by atoms with Crippen LogP contribution >= 0.6 is 0 Å². The van der Waals surface area contributed by atoms with Crippen molar-refractivity contribution >= 4 is 11.6 Å². The zero-order valence-electron chi connectivity index (χ0n) is 13.6. The van der Waals surface area contributed by atoms with Gasteiger partial charge < -0.3 is 9.84 Å². The van der Waals surface area contributed by atoms with Gasteiger partial charge in [0.15, 0.2) is 0 Å². The van der Waals surface area contributed by atoms with Crippen LogP contribution in [0.3, 0.4) is 0 Å². The molecule has 2 atom stereocenters. The van der Waals surface area contributed by atoms with Crippen LogP contribution in [0.25, 0.3) is 5.65 Å². The van der Waals surface area contributed by atoms with Gasteiger partial charge in [-0.2, -0.15) is 0 Å². The summed E-state index contributed by atoms with van der Waals surface area (Å²) >= 11 is 0. The van der Waals surface area contributed by atoms with Crippen LogP contribution in [-0.2, 0) is 4.74 Å². The number of aromatic carboxylic acids is 1. The lowest BCUT2D eigenvalue weighted by molar-refractivity contribution is -0.00927. The minimum Gasteiger partial charge on any atom is -0.477 e. The number of hydrogen-bond acceptors (Lipinski definition) is 4. The SMILES string of the molecule is CCO[C@H]1CCN(CC)[C@H](c2ccc(C(=O)O)n3ccnc23)C1. The molecule has 124 valence electrons. The number of nitrogens with zero attached hydrogens (tertiary/aromatic N) is 3. The molecule has 0 aliphatic carbocycles. The Hall–Kier alpha value is -1.92. The Labute approximate surface area is 135 Å². The summed E-state index contributed by atoms with van der Waals surface area (Å²) in [6, 6.07) is 3.79. The molecule has 1 saturated heterocycles. The van der Waals surface area contributed by atoms with Crippen molar-refractivity contribution in [1.82, 2.24) is 14.3 Å². The molecule has 1 aliphatic heterocycles. The third kappa shape index (κ3) is 2.96. The molecule has 2 aromatic heterocycles. The first kappa shape index (κ1) is 16.0. The maximum Gasteiger partial charge on any atom is 0.352 e. The first-order valence-electron chi connectivity index (χ1n) is 8.20. The summed E-state index contributed by atoms with van der Waals surface area (Å²) in [5.74, 6) is -0.942. The normalized spacial score (nSPS) is 22.5. The molecule has 0 unspecified atom stereocenters. The first-order chi connectivity index (χ1) is 11.2. The molecule has 6 nitrogen and oxygen atoms in total. The summed E-state index contributed by atoms with van der Waals surface area (Å²) in [6.07, 6.45) is 5.57. The van der Waals surface area contributed by atoms with E-state index >= 15 is 0 Å². The van der Waals surface area contributed by atoms with Gasteiger partial charge in [-0.3, -0.25) is 9.30 Å². The van der Waals surface area contributed by atoms with E-state index in [1.807, 2.05) is 13.0 Å². The summed E-state index contributed by atoms with van der Waals surface area (Å²) in [7, 11) is 0. The van der Waals surface area contributed by atoms with Gasteiger partial charge in [0, 0.05) is 37.2 Å². The van der Waals surface area contributed by atoms with Gasteiger partial charge in [-0.05, 0) is 32.4 Å². The smallest absolute Gasteiger partial charge is 0.352 e. The number of hydrogen-bond donors (Lipinski definition) is 1. The van der Waals surface area contributed by atoms with E-state index in [2.05, 4.69) is 16.8 Å². The van der Waals surface area contributed by atoms with Crippen LogP contribution in [0.15, 0.2) is 24.5 Å². The van der Waals surface area contributed by atoms with Crippen molar-refractivity contribution in [3.63, 3.8) is 0 Å². The van der Waals surface area contributed by atoms with Gasteiger partial charge in [-0.25, -0.2) is 9.78 Å². The number of likely N-dealkylation sites (tertiary alicyclic amines) is 1. The Morgan fingerprint density at radius 3 is 2.96 bits per heavy atom. The Balaban J connectivity index is 2.01. The molecule has 2 aromatic rings. The number of carbonyl (C=O) groups is 1. The van der Waals surface area contributed by atoms with Crippen molar-refractivity contribution in [2.75, 3.05) is 19.7 Å². The van der Waals surface area contributed by atoms with Gasteiger partial charge in [0.05, 0.1) is 6.10 Å². The van der Waals surface area contributed by atoms with Crippen molar-refractivity contribution in [1.29, 1.82) is 0 Å². The molecule has 6 heteroatoms. The molecular weight excluding hydrogens is 294 g/mol. The number of pyridine rings is 1. The number of aromatic nitrogens is 2. The van der Waals surface area contributed by atoms with E-state index in [0.717, 1.165) is 43.7 Å². The lowest BCUT2D eigenvalue weighted by atomic mass is 9.93. The van der Waals surface area contributed by atoms with Crippen LogP contribution in [0, 0.1) is 0 Å². The summed E-state index contributed by atoms with van der Waals surface area (Å²) in [6.45, 7) is 6.84. The minimum absolute atomic E-state index is 0.207. The van der Waals surface area contributed by atoms with Crippen LogP contribution in [-0.4, -0.2) is 51.2 Å². The molecule has 1 aliphatic rings. The molecule has 23 heavy (non-hydrogen) atoms. The predicted molar refractivity (Wildman–Crippen MR) is 86.8 cm³/mol. The fourth-order valence-corrected chi connectivity index (χ4v) is 3.54. The van der Waals surface area contributed by atoms with Crippen LogP contribution in [0.2, 0.25) is 0 Å². The Kier molecular flexibility index (Phi) is 4.63. The molecule has 0 radical (unpaired) electrons. The number of piperidine rings is 1. The molecular formula is C17H23N3O3. The number of carboxylic acid groups (broad SMARTS) is 1. The number of rotatable bonds is 5. The Morgan fingerprint density at radius 1 is 1.43 bits per heavy atom. The standard InChI is InChI=1S/C17H23N3O3/c1-3-19-9-7-12(23-4-2)11-15(19)13-5-6-14(17(21)22)20-10-8-18-16(13)20/h5-6,8,10,12,15H,3-4,7,9,11H2,1-2H3,(H,21,22)/t12-,15-/m0/s1. The second-order valence-electron chi connectivity index (χ2n) is 5.85. The van der Waals surface area contributed by atoms with E-state index in [1.54, 1.807) is 22.9 Å². The van der Waals surface area contributed by atoms with Crippen molar-refractivity contribution < 1.29 is 14.6 Å². The van der Waals surface area contributed by atoms with Crippen molar-refractivity contribution in [3.05, 3.63) is 35.8 Å².